The molecule has 0 amide bonds. The summed E-state index contributed by atoms with van der Waals surface area (Å²) in [7, 11) is -3.28. The smallest absolute Gasteiger partial charge is 0.212 e. The van der Waals surface area contributed by atoms with E-state index in [0.29, 0.717) is 5.82 Å². The summed E-state index contributed by atoms with van der Waals surface area (Å²) in [5, 5.41) is 0. The number of benzene rings is 1. The van der Waals surface area contributed by atoms with Crippen LogP contribution in [0.1, 0.15) is 26.6 Å². The monoisotopic (exact) mass is 281 g/mol. The number of fused-ring (bicyclic) bond motifs is 1. The van der Waals surface area contributed by atoms with E-state index in [-0.39, 0.29) is 17.7 Å². The Labute approximate surface area is 113 Å². The van der Waals surface area contributed by atoms with E-state index in [1.54, 1.807) is 0 Å². The number of H-pyrrole nitrogens is 1. The fourth-order valence-electron chi connectivity index (χ4n) is 1.89. The molecule has 0 fully saturated rings. The first-order chi connectivity index (χ1) is 8.75. The molecule has 1 aromatic carbocycles. The van der Waals surface area contributed by atoms with Crippen LogP contribution in [-0.4, -0.2) is 24.1 Å². The Kier molecular flexibility index (Phi) is 3.64. The topological polar surface area (TPSA) is 74.8 Å². The molecule has 0 aliphatic heterocycles. The molecule has 0 aliphatic carbocycles. The summed E-state index contributed by atoms with van der Waals surface area (Å²) < 4.78 is 26.3. The average Bonchev–Trinajstić information content (AvgIpc) is 2.66. The lowest BCUT2D eigenvalue weighted by atomic mass is 10.0. The van der Waals surface area contributed by atoms with Crippen LogP contribution in [0.2, 0.25) is 0 Å². The van der Waals surface area contributed by atoms with Gasteiger partial charge in [0.25, 0.3) is 0 Å². The van der Waals surface area contributed by atoms with E-state index in [9.17, 15) is 8.42 Å². The Hall–Kier alpha value is -1.40. The summed E-state index contributed by atoms with van der Waals surface area (Å²) in [6, 6.07) is 7.61. The Morgan fingerprint density at radius 3 is 2.58 bits per heavy atom. The third-order valence-electron chi connectivity index (χ3n) is 2.52. The zero-order chi connectivity index (χ0) is 14.1. The van der Waals surface area contributed by atoms with Gasteiger partial charge in [-0.15, -0.1) is 0 Å². The first kappa shape index (κ1) is 14.0. The first-order valence-electron chi connectivity index (χ1n) is 6.16. The van der Waals surface area contributed by atoms with E-state index >= 15 is 0 Å². The van der Waals surface area contributed by atoms with Crippen molar-refractivity contribution in [3.63, 3.8) is 0 Å². The third-order valence-corrected chi connectivity index (χ3v) is 4.35. The van der Waals surface area contributed by atoms with Gasteiger partial charge in [-0.1, -0.05) is 32.9 Å². The van der Waals surface area contributed by atoms with Crippen molar-refractivity contribution in [2.24, 2.45) is 5.41 Å². The summed E-state index contributed by atoms with van der Waals surface area (Å²) in [6.07, 6.45) is 0. The largest absolute Gasteiger partial charge is 0.341 e. The van der Waals surface area contributed by atoms with Crippen LogP contribution in [0.4, 0.5) is 0 Å². The second-order valence-corrected chi connectivity index (χ2v) is 7.65. The molecule has 2 N–H and O–H groups in total. The van der Waals surface area contributed by atoms with Crippen LogP contribution in [0, 0.1) is 5.41 Å². The van der Waals surface area contributed by atoms with E-state index in [4.69, 9.17) is 0 Å². The molecule has 0 radical (unpaired) electrons. The Morgan fingerprint density at radius 1 is 1.26 bits per heavy atom. The molecule has 5 nitrogen and oxygen atoms in total. The molecule has 0 atom stereocenters. The summed E-state index contributed by atoms with van der Waals surface area (Å²) in [5.41, 5.74) is 1.49. The fraction of sp³-hybridized carbons (Fsp3) is 0.462. The van der Waals surface area contributed by atoms with Crippen LogP contribution >= 0.6 is 0 Å². The minimum atomic E-state index is -3.28. The van der Waals surface area contributed by atoms with Crippen molar-refractivity contribution in [1.29, 1.82) is 0 Å². The molecule has 19 heavy (non-hydrogen) atoms. The molecular weight excluding hydrogens is 262 g/mol. The van der Waals surface area contributed by atoms with E-state index in [0.717, 1.165) is 11.0 Å². The highest BCUT2D eigenvalue weighted by molar-refractivity contribution is 7.89. The highest BCUT2D eigenvalue weighted by Crippen LogP contribution is 2.16. The normalized spacial score (nSPS) is 13.0. The van der Waals surface area contributed by atoms with Gasteiger partial charge >= 0.3 is 0 Å². The second kappa shape index (κ2) is 4.94. The SMILES string of the molecule is CC(C)(C)CS(=O)(=O)NCc1nc2ccccc2[nH]1. The maximum absolute atomic E-state index is 11.9. The molecule has 2 rings (SSSR count). The Bertz CT molecular complexity index is 635. The molecule has 0 unspecified atom stereocenters. The van der Waals surface area contributed by atoms with Crippen molar-refractivity contribution < 1.29 is 8.42 Å². The molecule has 0 spiro atoms. The minimum absolute atomic E-state index is 0.0974. The number of hydrogen-bond acceptors (Lipinski definition) is 3. The van der Waals surface area contributed by atoms with Crippen molar-refractivity contribution in [2.45, 2.75) is 27.3 Å². The predicted octanol–water partition coefficient (Wildman–Crippen LogP) is 2.03. The lowest BCUT2D eigenvalue weighted by Gasteiger charge is -2.17. The molecule has 6 heteroatoms. The standard InChI is InChI=1S/C13H19N3O2S/c1-13(2,3)9-19(17,18)14-8-12-15-10-6-4-5-7-11(10)16-12/h4-7,14H,8-9H2,1-3H3,(H,15,16). The molecule has 1 heterocycles. The van der Waals surface area contributed by atoms with Crippen LogP contribution in [0.15, 0.2) is 24.3 Å². The van der Waals surface area contributed by atoms with Crippen LogP contribution in [-0.2, 0) is 16.6 Å². The van der Waals surface area contributed by atoms with E-state index < -0.39 is 10.0 Å². The maximum Gasteiger partial charge on any atom is 0.212 e. The van der Waals surface area contributed by atoms with Gasteiger partial charge in [-0.2, -0.15) is 0 Å². The van der Waals surface area contributed by atoms with Crippen molar-refractivity contribution in [3.8, 4) is 0 Å². The van der Waals surface area contributed by atoms with E-state index in [2.05, 4.69) is 14.7 Å². The number of nitrogens with zero attached hydrogens (tertiary/aromatic N) is 1. The summed E-state index contributed by atoms with van der Waals surface area (Å²) in [4.78, 5) is 7.42. The predicted molar refractivity (Wildman–Crippen MR) is 76.2 cm³/mol. The van der Waals surface area contributed by atoms with Crippen LogP contribution in [0.5, 0.6) is 0 Å². The summed E-state index contributed by atoms with van der Waals surface area (Å²) in [6.45, 7) is 5.88. The first-order valence-corrected chi connectivity index (χ1v) is 7.81. The number of rotatable bonds is 4. The van der Waals surface area contributed by atoms with Crippen LogP contribution in [0.3, 0.4) is 0 Å². The zero-order valence-electron chi connectivity index (χ0n) is 11.4. The van der Waals surface area contributed by atoms with Gasteiger partial charge in [0, 0.05) is 0 Å². The van der Waals surface area contributed by atoms with E-state index in [1.807, 2.05) is 45.0 Å². The summed E-state index contributed by atoms with van der Waals surface area (Å²) >= 11 is 0. The molecule has 0 aliphatic rings. The molecule has 0 bridgehead atoms. The van der Waals surface area contributed by atoms with Gasteiger partial charge in [-0.05, 0) is 17.5 Å². The number of nitrogens with one attached hydrogen (secondary N) is 2. The van der Waals surface area contributed by atoms with E-state index in [1.165, 1.54) is 0 Å². The molecule has 0 saturated carbocycles. The van der Waals surface area contributed by atoms with Crippen molar-refractivity contribution in [3.05, 3.63) is 30.1 Å². The molecule has 104 valence electrons. The van der Waals surface area contributed by atoms with Gasteiger partial charge in [-0.3, -0.25) is 0 Å². The lowest BCUT2D eigenvalue weighted by Crippen LogP contribution is -2.32. The Morgan fingerprint density at radius 2 is 1.95 bits per heavy atom. The molecular formula is C13H19N3O2S. The number of hydrogen-bond donors (Lipinski definition) is 2. The quantitative estimate of drug-likeness (QED) is 0.900. The van der Waals surface area contributed by atoms with Crippen molar-refractivity contribution in [1.82, 2.24) is 14.7 Å². The van der Waals surface area contributed by atoms with Gasteiger partial charge in [0.1, 0.15) is 5.82 Å². The lowest BCUT2D eigenvalue weighted by molar-refractivity contribution is 0.457. The molecule has 0 saturated heterocycles. The Balaban J connectivity index is 2.06. The number of aromatic amines is 1. The number of imidazole rings is 1. The highest BCUT2D eigenvalue weighted by Gasteiger charge is 2.21. The number of sulfonamides is 1. The van der Waals surface area contributed by atoms with Crippen LogP contribution in [0.25, 0.3) is 11.0 Å². The number of aromatic nitrogens is 2. The third kappa shape index (κ3) is 4.04. The van der Waals surface area contributed by atoms with Gasteiger partial charge < -0.3 is 4.98 Å². The van der Waals surface area contributed by atoms with Gasteiger partial charge in [0.05, 0.1) is 23.3 Å². The van der Waals surface area contributed by atoms with Gasteiger partial charge in [-0.25, -0.2) is 18.1 Å². The zero-order valence-corrected chi connectivity index (χ0v) is 12.2. The second-order valence-electron chi connectivity index (χ2n) is 5.84. The highest BCUT2D eigenvalue weighted by atomic mass is 32.2. The fourth-order valence-corrected chi connectivity index (χ4v) is 3.49. The molecule has 2 aromatic rings. The summed E-state index contributed by atoms with van der Waals surface area (Å²) in [5.74, 6) is 0.721. The molecule has 1 aromatic heterocycles. The number of para-hydroxylation sites is 2. The average molecular weight is 281 g/mol. The van der Waals surface area contributed by atoms with Gasteiger partial charge in [0.15, 0.2) is 0 Å². The minimum Gasteiger partial charge on any atom is -0.341 e. The van der Waals surface area contributed by atoms with Crippen molar-refractivity contribution >= 4 is 21.1 Å². The van der Waals surface area contributed by atoms with Gasteiger partial charge in [0.2, 0.25) is 10.0 Å². The maximum atomic E-state index is 11.9. The van der Waals surface area contributed by atoms with Crippen LogP contribution < -0.4 is 4.72 Å². The van der Waals surface area contributed by atoms with Crippen molar-refractivity contribution in [2.75, 3.05) is 5.75 Å².